The van der Waals surface area contributed by atoms with Crippen LogP contribution in [0.3, 0.4) is 0 Å². The van der Waals surface area contributed by atoms with Gasteiger partial charge in [-0.15, -0.1) is 0 Å². The van der Waals surface area contributed by atoms with Crippen molar-refractivity contribution in [1.29, 1.82) is 0 Å². The van der Waals surface area contributed by atoms with Crippen LogP contribution in [0.25, 0.3) is 0 Å². The van der Waals surface area contributed by atoms with Gasteiger partial charge in [-0.3, -0.25) is 0 Å². The largest absolute Gasteiger partial charge is 0.492 e. The lowest BCUT2D eigenvalue weighted by Crippen LogP contribution is -2.26. The molecule has 4 heteroatoms. The number of hydrogen-bond donors (Lipinski definition) is 1. The molecule has 1 aromatic carbocycles. The van der Waals surface area contributed by atoms with Crippen LogP contribution in [0.5, 0.6) is 5.75 Å². The van der Waals surface area contributed by atoms with E-state index >= 15 is 0 Å². The molecule has 94 valence electrons. The highest BCUT2D eigenvalue weighted by atomic mass is 35.5. The van der Waals surface area contributed by atoms with E-state index in [2.05, 4.69) is 12.2 Å². The molecule has 1 aromatic rings. The van der Waals surface area contributed by atoms with Crippen LogP contribution in [0.1, 0.15) is 19.8 Å². The van der Waals surface area contributed by atoms with Crippen LogP contribution in [-0.4, -0.2) is 19.2 Å². The van der Waals surface area contributed by atoms with Crippen molar-refractivity contribution in [2.24, 2.45) is 5.92 Å². The Morgan fingerprint density at radius 2 is 2.18 bits per heavy atom. The molecule has 0 aliphatic heterocycles. The summed E-state index contributed by atoms with van der Waals surface area (Å²) in [6.45, 7) is 3.80. The van der Waals surface area contributed by atoms with Gasteiger partial charge in [0.25, 0.3) is 0 Å². The topological polar surface area (TPSA) is 21.3 Å². The summed E-state index contributed by atoms with van der Waals surface area (Å²) in [7, 11) is 0. The molecule has 0 aromatic heterocycles. The zero-order valence-electron chi connectivity index (χ0n) is 9.88. The molecule has 1 unspecified atom stereocenters. The number of ether oxygens (including phenoxy) is 1. The molecule has 0 bridgehead atoms. The molecule has 17 heavy (non-hydrogen) atoms. The minimum Gasteiger partial charge on any atom is -0.492 e. The molecule has 1 aliphatic carbocycles. The van der Waals surface area contributed by atoms with Gasteiger partial charge in [0.05, 0.1) is 11.6 Å². The molecule has 0 amide bonds. The fourth-order valence-electron chi connectivity index (χ4n) is 1.54. The summed E-state index contributed by atoms with van der Waals surface area (Å²) in [6, 6.07) is 6.19. The quantitative estimate of drug-likeness (QED) is 0.852. The maximum absolute atomic E-state index is 6.04. The first-order chi connectivity index (χ1) is 8.16. The average molecular weight is 274 g/mol. The zero-order chi connectivity index (χ0) is 12.3. The van der Waals surface area contributed by atoms with Gasteiger partial charge in [0, 0.05) is 18.5 Å². The number of benzene rings is 1. The van der Waals surface area contributed by atoms with Gasteiger partial charge in [0.1, 0.15) is 10.8 Å². The first kappa shape index (κ1) is 13.0. The predicted octanol–water partition coefficient (Wildman–Crippen LogP) is 3.76. The third-order valence-electron chi connectivity index (χ3n) is 2.77. The maximum Gasteiger partial charge on any atom is 0.139 e. The fraction of sp³-hybridized carbons (Fsp3) is 0.538. The van der Waals surface area contributed by atoms with Gasteiger partial charge in [-0.1, -0.05) is 36.2 Å². The predicted molar refractivity (Wildman–Crippen MR) is 72.1 cm³/mol. The molecule has 1 fully saturated rings. The second kappa shape index (κ2) is 5.94. The van der Waals surface area contributed by atoms with Crippen molar-refractivity contribution < 1.29 is 4.74 Å². The van der Waals surface area contributed by atoms with Crippen LogP contribution in [-0.2, 0) is 0 Å². The van der Waals surface area contributed by atoms with Crippen LogP contribution in [0.15, 0.2) is 18.2 Å². The number of halogens is 2. The van der Waals surface area contributed by atoms with Crippen LogP contribution in [0.2, 0.25) is 10.0 Å². The van der Waals surface area contributed by atoms with Crippen molar-refractivity contribution >= 4 is 23.2 Å². The monoisotopic (exact) mass is 273 g/mol. The van der Waals surface area contributed by atoms with Gasteiger partial charge in [-0.05, 0) is 25.0 Å². The van der Waals surface area contributed by atoms with E-state index < -0.39 is 0 Å². The van der Waals surface area contributed by atoms with E-state index in [-0.39, 0.29) is 0 Å². The lowest BCUT2D eigenvalue weighted by molar-refractivity contribution is 0.255. The van der Waals surface area contributed by atoms with E-state index in [9.17, 15) is 0 Å². The Labute approximate surface area is 112 Å². The van der Waals surface area contributed by atoms with Gasteiger partial charge in [-0.25, -0.2) is 0 Å². The van der Waals surface area contributed by atoms with Crippen LogP contribution in [0.4, 0.5) is 0 Å². The summed E-state index contributed by atoms with van der Waals surface area (Å²) in [5.41, 5.74) is 0. The average Bonchev–Trinajstić information content (AvgIpc) is 3.12. The van der Waals surface area contributed by atoms with Gasteiger partial charge in [-0.2, -0.15) is 0 Å². The second-order valence-corrected chi connectivity index (χ2v) is 5.44. The van der Waals surface area contributed by atoms with Gasteiger partial charge < -0.3 is 10.1 Å². The SMILES string of the molecule is CC(CNC1CC1)COc1cccc(Cl)c1Cl. The van der Waals surface area contributed by atoms with E-state index in [1.807, 2.05) is 12.1 Å². The summed E-state index contributed by atoms with van der Waals surface area (Å²) in [4.78, 5) is 0. The summed E-state index contributed by atoms with van der Waals surface area (Å²) < 4.78 is 5.68. The van der Waals surface area contributed by atoms with Crippen molar-refractivity contribution in [3.8, 4) is 5.75 Å². The summed E-state index contributed by atoms with van der Waals surface area (Å²) in [5, 5.41) is 4.51. The highest BCUT2D eigenvalue weighted by molar-refractivity contribution is 6.42. The highest BCUT2D eigenvalue weighted by Crippen LogP contribution is 2.31. The third-order valence-corrected chi connectivity index (χ3v) is 3.57. The lowest BCUT2D eigenvalue weighted by Gasteiger charge is -2.14. The zero-order valence-corrected chi connectivity index (χ0v) is 11.4. The van der Waals surface area contributed by atoms with E-state index in [4.69, 9.17) is 27.9 Å². The van der Waals surface area contributed by atoms with Crippen molar-refractivity contribution in [3.05, 3.63) is 28.2 Å². The normalized spacial score (nSPS) is 16.9. The fourth-order valence-corrected chi connectivity index (χ4v) is 1.89. The van der Waals surface area contributed by atoms with Gasteiger partial charge >= 0.3 is 0 Å². The Balaban J connectivity index is 1.77. The van der Waals surface area contributed by atoms with Crippen LogP contribution < -0.4 is 10.1 Å². The number of hydrogen-bond acceptors (Lipinski definition) is 2. The van der Waals surface area contributed by atoms with E-state index in [0.29, 0.717) is 28.3 Å². The molecule has 0 spiro atoms. The first-order valence-electron chi connectivity index (χ1n) is 5.97. The van der Waals surface area contributed by atoms with Crippen LogP contribution >= 0.6 is 23.2 Å². The second-order valence-electron chi connectivity index (χ2n) is 4.65. The van der Waals surface area contributed by atoms with E-state index in [0.717, 1.165) is 12.6 Å². The summed E-state index contributed by atoms with van der Waals surface area (Å²) in [6.07, 6.45) is 2.63. The molecule has 1 saturated carbocycles. The maximum atomic E-state index is 6.04. The van der Waals surface area contributed by atoms with Crippen molar-refractivity contribution in [1.82, 2.24) is 5.32 Å². The first-order valence-corrected chi connectivity index (χ1v) is 6.72. The van der Waals surface area contributed by atoms with Crippen LogP contribution in [0, 0.1) is 5.92 Å². The molecule has 0 saturated heterocycles. The molecule has 1 N–H and O–H groups in total. The molecular formula is C13H17Cl2NO. The van der Waals surface area contributed by atoms with Crippen molar-refractivity contribution in [2.75, 3.05) is 13.2 Å². The van der Waals surface area contributed by atoms with E-state index in [1.165, 1.54) is 12.8 Å². The van der Waals surface area contributed by atoms with E-state index in [1.54, 1.807) is 6.07 Å². The van der Waals surface area contributed by atoms with Gasteiger partial charge in [0.15, 0.2) is 0 Å². The molecule has 0 radical (unpaired) electrons. The summed E-state index contributed by atoms with van der Waals surface area (Å²) >= 11 is 12.0. The lowest BCUT2D eigenvalue weighted by atomic mass is 10.2. The smallest absolute Gasteiger partial charge is 0.139 e. The number of rotatable bonds is 6. The summed E-state index contributed by atoms with van der Waals surface area (Å²) in [5.74, 6) is 1.13. The Kier molecular flexibility index (Phi) is 4.55. The standard InChI is InChI=1S/C13H17Cl2NO/c1-9(7-16-10-5-6-10)8-17-12-4-2-3-11(14)13(12)15/h2-4,9-10,16H,5-8H2,1H3. The molecular weight excluding hydrogens is 257 g/mol. The Morgan fingerprint density at radius 3 is 2.88 bits per heavy atom. The van der Waals surface area contributed by atoms with Gasteiger partial charge in [0.2, 0.25) is 0 Å². The number of nitrogens with one attached hydrogen (secondary N) is 1. The van der Waals surface area contributed by atoms with Crippen molar-refractivity contribution in [3.63, 3.8) is 0 Å². The minimum absolute atomic E-state index is 0.464. The molecule has 2 nitrogen and oxygen atoms in total. The Bertz CT molecular complexity index is 380. The Hall–Kier alpha value is -0.440. The Morgan fingerprint density at radius 1 is 1.41 bits per heavy atom. The minimum atomic E-state index is 0.464. The highest BCUT2D eigenvalue weighted by Gasteiger charge is 2.21. The molecule has 0 heterocycles. The third kappa shape index (κ3) is 4.06. The molecule has 1 aliphatic rings. The van der Waals surface area contributed by atoms with Crippen molar-refractivity contribution in [2.45, 2.75) is 25.8 Å². The molecule has 2 rings (SSSR count). The molecule has 1 atom stereocenters.